The van der Waals surface area contributed by atoms with Gasteiger partial charge in [0.1, 0.15) is 0 Å². The molecule has 6 amide bonds. The van der Waals surface area contributed by atoms with E-state index in [0.29, 0.717) is 84.1 Å². The minimum absolute atomic E-state index is 0.0263. The van der Waals surface area contributed by atoms with E-state index in [4.69, 9.17) is 85.1 Å². The fraction of sp³-hybridized carbons (Fsp3) is 0.705. The molecule has 36 nitrogen and oxygen atoms in total. The molecule has 6 atom stereocenters. The van der Waals surface area contributed by atoms with Crippen LogP contribution in [0.5, 0.6) is 0 Å². The standard InChI is InChI=1S/C18H29N3O3.C16H33N3O3.C9H20NO4P.C8H17N3O3.C6H13O5P.4CO2/c1-13(5-10-16(22)23)20-17(24)19-12-11-14-6-8-15(9-7-14)21-18(2,3)4;1-13(9-10-14(20)21)19-15(22)17-11-7-5-6-8-12-18-16(2,3)4;1-2-4-8(9(11)12)7-15(13,14)6-3-5-10;1-6(2-3-7(12)13)11-8(14)10-5-4-9;1-2-3-5(6(7)8)4-12(9,10)11;4*2-1-3/h6-9,13,21H,5,10-12H2,1-4H3,(H,22,23)(H2,19,20,24);13,18H,5-12H2,1-4H3,(H,20,21)(H2,17,19,22);8H,2-7,10H2,1H3,(H,11,12)(H,13,14);6H,2-5,9H2,1H3,(H,12,13)(H2,10,11,14);5H,2-4H2,1H3,(H,7,8)(H2,9,10,11);;;;/t2*13-;;6-;;;;;/m11.1...../s1. The fourth-order valence-electron chi connectivity index (χ4n) is 7.37. The Morgan fingerprint density at radius 1 is 0.475 bits per heavy atom. The number of anilines is 1. The summed E-state index contributed by atoms with van der Waals surface area (Å²) in [5, 5.41) is 66.0. The summed E-state index contributed by atoms with van der Waals surface area (Å²) in [6, 6.07) is 6.93. The minimum atomic E-state index is -4.19. The van der Waals surface area contributed by atoms with Crippen LogP contribution in [0.15, 0.2) is 24.3 Å². The molecule has 3 unspecified atom stereocenters. The normalized spacial score (nSPS) is 12.1. The summed E-state index contributed by atoms with van der Waals surface area (Å²) < 4.78 is 22.1. The predicted octanol–water partition coefficient (Wildman–Crippen LogP) is 4.41. The van der Waals surface area contributed by atoms with Crippen LogP contribution >= 0.6 is 15.0 Å². The van der Waals surface area contributed by atoms with Crippen molar-refractivity contribution in [2.45, 2.75) is 208 Å². The van der Waals surface area contributed by atoms with Crippen molar-refractivity contribution >= 4 is 93.2 Å². The number of amides is 6. The van der Waals surface area contributed by atoms with E-state index in [0.717, 1.165) is 49.9 Å². The lowest BCUT2D eigenvalue weighted by Gasteiger charge is -2.22. The number of urea groups is 3. The third kappa shape index (κ3) is 96.4. The summed E-state index contributed by atoms with van der Waals surface area (Å²) in [7, 11) is -7.50. The van der Waals surface area contributed by atoms with Gasteiger partial charge in [-0.25, -0.2) is 14.4 Å². The van der Waals surface area contributed by atoms with Crippen LogP contribution in [0.25, 0.3) is 0 Å². The SMILES string of the molecule is CCCC(CP(=O)(O)CCCN)C(=O)O.CCCC(CP(=O)(O)O)C(=O)O.C[C@H](CCC(=O)O)NC(=O)NCCCCCCNC(C)(C)C.C[C@H](CCC(=O)O)NC(=O)NCCN.C[C@H](CCC(=O)O)NC(=O)NCCc1ccc(NC(C)(C)C)cc1.O=C=O.O=C=O.O=C=O.O=C=O. The molecule has 0 fully saturated rings. The summed E-state index contributed by atoms with van der Waals surface area (Å²) in [5.41, 5.74) is 12.8. The second-order valence-corrected chi connectivity index (χ2v) is 27.8. The van der Waals surface area contributed by atoms with Gasteiger partial charge in [0.2, 0.25) is 7.37 Å². The Kier molecular flexibility index (Phi) is 73.9. The Morgan fingerprint density at radius 2 is 0.818 bits per heavy atom. The van der Waals surface area contributed by atoms with E-state index < -0.39 is 62.8 Å². The fourth-order valence-corrected chi connectivity index (χ4v) is 10.2. The number of carboxylic acid groups (broad SMARTS) is 5. The van der Waals surface area contributed by atoms with E-state index >= 15 is 0 Å². The second-order valence-electron chi connectivity index (χ2n) is 23.6. The van der Waals surface area contributed by atoms with Gasteiger partial charge in [0.15, 0.2) is 0 Å². The van der Waals surface area contributed by atoms with E-state index in [1.54, 1.807) is 20.8 Å². The van der Waals surface area contributed by atoms with Gasteiger partial charge < -0.3 is 94.2 Å². The lowest BCUT2D eigenvalue weighted by atomic mass is 10.1. The molecule has 572 valence electrons. The van der Waals surface area contributed by atoms with Crippen LogP contribution in [0.4, 0.5) is 20.1 Å². The zero-order valence-electron chi connectivity index (χ0n) is 58.8. The minimum Gasteiger partial charge on any atom is -0.481 e. The van der Waals surface area contributed by atoms with Crippen molar-refractivity contribution in [2.24, 2.45) is 23.3 Å². The third-order valence-corrected chi connectivity index (χ3v) is 14.7. The molecular formula is C61H112N10O26P2. The monoisotopic (exact) mass is 1460 g/mol. The van der Waals surface area contributed by atoms with E-state index in [-0.39, 0.29) is 103 Å². The van der Waals surface area contributed by atoms with Crippen molar-refractivity contribution in [3.8, 4) is 0 Å². The summed E-state index contributed by atoms with van der Waals surface area (Å²) >= 11 is 0. The molecule has 0 aliphatic rings. The molecule has 0 spiro atoms. The molecule has 0 aliphatic heterocycles. The Bertz CT molecular complexity index is 2530. The third-order valence-electron chi connectivity index (χ3n) is 11.8. The van der Waals surface area contributed by atoms with Gasteiger partial charge in [-0.15, -0.1) is 0 Å². The van der Waals surface area contributed by atoms with Crippen LogP contribution in [0.1, 0.15) is 178 Å². The Labute approximate surface area is 578 Å². The van der Waals surface area contributed by atoms with Gasteiger partial charge in [0.25, 0.3) is 0 Å². The highest BCUT2D eigenvalue weighted by atomic mass is 31.2. The highest BCUT2D eigenvalue weighted by molar-refractivity contribution is 7.58. The summed E-state index contributed by atoms with van der Waals surface area (Å²) in [4.78, 5) is 178. The van der Waals surface area contributed by atoms with Crippen LogP contribution in [0, 0.1) is 11.8 Å². The highest BCUT2D eigenvalue weighted by Crippen LogP contribution is 2.44. The van der Waals surface area contributed by atoms with Crippen molar-refractivity contribution < 1.29 is 126 Å². The van der Waals surface area contributed by atoms with Crippen LogP contribution in [0.3, 0.4) is 0 Å². The van der Waals surface area contributed by atoms with Gasteiger partial charge in [-0.3, -0.25) is 33.1 Å². The molecule has 38 heteroatoms. The number of carbonyl (C=O) groups is 8. The molecule has 0 aliphatic carbocycles. The van der Waals surface area contributed by atoms with E-state index in [1.807, 2.05) is 38.1 Å². The first-order valence-electron chi connectivity index (χ1n) is 31.5. The molecule has 0 saturated heterocycles. The van der Waals surface area contributed by atoms with Crippen LogP contribution < -0.4 is 54.0 Å². The van der Waals surface area contributed by atoms with Crippen molar-refractivity contribution in [2.75, 3.05) is 63.1 Å². The zero-order valence-corrected chi connectivity index (χ0v) is 60.6. The van der Waals surface area contributed by atoms with Crippen molar-refractivity contribution in [3.63, 3.8) is 0 Å². The number of carboxylic acids is 5. The first kappa shape index (κ1) is 107. The first-order chi connectivity index (χ1) is 45.9. The molecule has 0 aromatic heterocycles. The van der Waals surface area contributed by atoms with E-state index in [9.17, 15) is 52.4 Å². The lowest BCUT2D eigenvalue weighted by Crippen LogP contribution is -2.42. The van der Waals surface area contributed by atoms with Gasteiger partial charge in [-0.1, -0.05) is 51.7 Å². The molecule has 0 heterocycles. The van der Waals surface area contributed by atoms with Gasteiger partial charge in [-0.05, 0) is 151 Å². The maximum absolute atomic E-state index is 11.7. The average molecular weight is 1460 g/mol. The lowest BCUT2D eigenvalue weighted by molar-refractivity contribution is -0.193. The van der Waals surface area contributed by atoms with E-state index in [1.165, 1.54) is 0 Å². The van der Waals surface area contributed by atoms with Gasteiger partial charge in [-0.2, -0.15) is 38.4 Å². The Morgan fingerprint density at radius 3 is 1.12 bits per heavy atom. The molecule has 99 heavy (non-hydrogen) atoms. The van der Waals surface area contributed by atoms with Gasteiger partial charge in [0.05, 0.1) is 18.0 Å². The average Bonchev–Trinajstić information content (AvgIpc) is 0.951. The smallest absolute Gasteiger partial charge is 0.373 e. The van der Waals surface area contributed by atoms with Gasteiger partial charge in [0, 0.05) is 92.7 Å². The largest absolute Gasteiger partial charge is 0.481 e. The Hall–Kier alpha value is -8.08. The molecular weight excluding hydrogens is 1350 g/mol. The number of unbranched alkanes of at least 4 members (excludes halogenated alkanes) is 3. The maximum atomic E-state index is 11.7. The topological polar surface area (TPSA) is 617 Å². The number of hydrogen-bond donors (Lipinski definition) is 18. The Balaban J connectivity index is -0.000000170. The summed E-state index contributed by atoms with van der Waals surface area (Å²) in [5.74, 6) is -6.30. The zero-order chi connectivity index (χ0) is 78.7. The highest BCUT2D eigenvalue weighted by Gasteiger charge is 2.28. The number of benzene rings is 1. The molecule has 0 bridgehead atoms. The molecule has 1 aromatic carbocycles. The molecule has 0 radical (unpaired) electrons. The van der Waals surface area contributed by atoms with Crippen LogP contribution in [0.2, 0.25) is 0 Å². The van der Waals surface area contributed by atoms with Crippen molar-refractivity contribution in [1.82, 2.24) is 37.2 Å². The number of nitrogens with one attached hydrogen (secondary N) is 8. The molecule has 20 N–H and O–H groups in total. The van der Waals surface area contributed by atoms with Crippen LogP contribution in [-0.2, 0) is 77.9 Å². The molecule has 1 rings (SSSR count). The molecule has 1 aromatic rings. The quantitative estimate of drug-likeness (QED) is 0.0322. The van der Waals surface area contributed by atoms with Gasteiger partial charge >= 0.3 is 80.1 Å². The number of hydrogen-bond acceptors (Lipinski definition) is 22. The maximum Gasteiger partial charge on any atom is 0.373 e. The number of rotatable bonds is 38. The molecule has 0 saturated carbocycles. The first-order valence-corrected chi connectivity index (χ1v) is 35.3. The predicted molar refractivity (Wildman–Crippen MR) is 360 cm³/mol. The summed E-state index contributed by atoms with van der Waals surface area (Å²) in [6.07, 6.45) is 9.54. The van der Waals surface area contributed by atoms with Crippen molar-refractivity contribution in [3.05, 3.63) is 29.8 Å². The number of nitrogens with two attached hydrogens (primary N) is 2. The summed E-state index contributed by atoms with van der Waals surface area (Å²) in [6.45, 7) is 25.2. The van der Waals surface area contributed by atoms with Crippen molar-refractivity contribution in [1.29, 1.82) is 0 Å². The number of carbonyl (C=O) groups excluding carboxylic acids is 11. The number of aliphatic carboxylic acids is 5. The van der Waals surface area contributed by atoms with E-state index in [2.05, 4.69) is 84.1 Å². The van der Waals surface area contributed by atoms with Crippen LogP contribution in [-0.4, -0.2) is 200 Å². The second kappa shape index (κ2) is 68.4.